The highest BCUT2D eigenvalue weighted by molar-refractivity contribution is 7.14. The third kappa shape index (κ3) is 4.55. The van der Waals surface area contributed by atoms with Crippen molar-refractivity contribution in [2.24, 2.45) is 0 Å². The molecule has 23 heavy (non-hydrogen) atoms. The maximum Gasteiger partial charge on any atom is 0.183 e. The number of hydrogen-bond acceptors (Lipinski definition) is 4. The predicted octanol–water partition coefficient (Wildman–Crippen LogP) is 5.09. The van der Waals surface area contributed by atoms with Gasteiger partial charge in [0.1, 0.15) is 0 Å². The summed E-state index contributed by atoms with van der Waals surface area (Å²) in [5.41, 5.74) is 3.04. The first-order chi connectivity index (χ1) is 11.3. The van der Waals surface area contributed by atoms with Crippen LogP contribution >= 0.6 is 22.9 Å². The normalized spacial score (nSPS) is 10.7. The number of hydrogen-bond donors (Lipinski definition) is 1. The zero-order valence-corrected chi connectivity index (χ0v) is 14.1. The number of ether oxygens (including phenoxy) is 1. The van der Waals surface area contributed by atoms with Crippen molar-refractivity contribution in [2.45, 2.75) is 6.61 Å². The Balaban J connectivity index is 1.46. The molecule has 0 aliphatic rings. The van der Waals surface area contributed by atoms with Crippen molar-refractivity contribution in [3.63, 3.8) is 0 Å². The van der Waals surface area contributed by atoms with Gasteiger partial charge in [0.05, 0.1) is 18.9 Å². The van der Waals surface area contributed by atoms with Crippen molar-refractivity contribution < 1.29 is 4.74 Å². The molecule has 3 aromatic rings. The van der Waals surface area contributed by atoms with E-state index in [1.54, 1.807) is 11.3 Å². The second-order valence-electron chi connectivity index (χ2n) is 4.98. The summed E-state index contributed by atoms with van der Waals surface area (Å²) in [7, 11) is 0. The number of benzene rings is 2. The molecule has 5 heteroatoms. The topological polar surface area (TPSA) is 34.1 Å². The average molecular weight is 345 g/mol. The quantitative estimate of drug-likeness (QED) is 0.606. The fraction of sp³-hybridized carbons (Fsp3) is 0.167. The van der Waals surface area contributed by atoms with Crippen molar-refractivity contribution >= 4 is 28.1 Å². The van der Waals surface area contributed by atoms with Gasteiger partial charge in [-0.2, -0.15) is 0 Å². The molecule has 0 saturated carbocycles. The Morgan fingerprint density at radius 2 is 1.83 bits per heavy atom. The van der Waals surface area contributed by atoms with Crippen molar-refractivity contribution in [2.75, 3.05) is 18.5 Å². The monoisotopic (exact) mass is 344 g/mol. The van der Waals surface area contributed by atoms with Gasteiger partial charge in [0.2, 0.25) is 0 Å². The smallest absolute Gasteiger partial charge is 0.183 e. The molecular weight excluding hydrogens is 328 g/mol. The van der Waals surface area contributed by atoms with E-state index in [9.17, 15) is 0 Å². The molecular formula is C18H17ClN2OS. The van der Waals surface area contributed by atoms with Gasteiger partial charge in [-0.1, -0.05) is 60.1 Å². The molecule has 3 rings (SSSR count). The Hall–Kier alpha value is -1.88. The van der Waals surface area contributed by atoms with E-state index in [2.05, 4.69) is 22.4 Å². The molecule has 3 nitrogen and oxygen atoms in total. The second kappa shape index (κ2) is 8.11. The van der Waals surface area contributed by atoms with E-state index >= 15 is 0 Å². The molecule has 1 aromatic heterocycles. The summed E-state index contributed by atoms with van der Waals surface area (Å²) in [6.45, 7) is 1.99. The van der Waals surface area contributed by atoms with Crippen LogP contribution in [0, 0.1) is 0 Å². The minimum Gasteiger partial charge on any atom is -0.375 e. The molecule has 0 aliphatic carbocycles. The SMILES string of the molecule is Clc1ccccc1-c1csc(NCCOCc2ccccc2)n1. The summed E-state index contributed by atoms with van der Waals surface area (Å²) in [5, 5.41) is 6.88. The van der Waals surface area contributed by atoms with E-state index in [0.717, 1.165) is 28.0 Å². The lowest BCUT2D eigenvalue weighted by molar-refractivity contribution is 0.130. The number of anilines is 1. The fourth-order valence-corrected chi connectivity index (χ4v) is 3.11. The van der Waals surface area contributed by atoms with Crippen LogP contribution in [-0.2, 0) is 11.3 Å². The number of thiazole rings is 1. The van der Waals surface area contributed by atoms with Crippen LogP contribution in [0.3, 0.4) is 0 Å². The number of rotatable bonds is 7. The van der Waals surface area contributed by atoms with Crippen LogP contribution in [0.1, 0.15) is 5.56 Å². The molecule has 1 N–H and O–H groups in total. The highest BCUT2D eigenvalue weighted by atomic mass is 35.5. The number of halogens is 1. The van der Waals surface area contributed by atoms with E-state index in [-0.39, 0.29) is 0 Å². The molecule has 0 bridgehead atoms. The second-order valence-corrected chi connectivity index (χ2v) is 6.25. The van der Waals surface area contributed by atoms with Crippen LogP contribution in [0.5, 0.6) is 0 Å². The number of nitrogens with zero attached hydrogens (tertiary/aromatic N) is 1. The van der Waals surface area contributed by atoms with Crippen molar-refractivity contribution in [3.8, 4) is 11.3 Å². The number of aromatic nitrogens is 1. The summed E-state index contributed by atoms with van der Waals surface area (Å²) >= 11 is 7.77. The van der Waals surface area contributed by atoms with E-state index in [4.69, 9.17) is 16.3 Å². The average Bonchev–Trinajstić information content (AvgIpc) is 3.04. The highest BCUT2D eigenvalue weighted by Gasteiger charge is 2.07. The summed E-state index contributed by atoms with van der Waals surface area (Å²) in [4.78, 5) is 4.56. The van der Waals surface area contributed by atoms with Crippen molar-refractivity contribution in [1.29, 1.82) is 0 Å². The highest BCUT2D eigenvalue weighted by Crippen LogP contribution is 2.30. The first-order valence-corrected chi connectivity index (χ1v) is 8.64. The van der Waals surface area contributed by atoms with Gasteiger partial charge in [-0.05, 0) is 11.6 Å². The summed E-state index contributed by atoms with van der Waals surface area (Å²) in [5.74, 6) is 0. The van der Waals surface area contributed by atoms with Crippen LogP contribution in [-0.4, -0.2) is 18.1 Å². The zero-order chi connectivity index (χ0) is 15.9. The standard InChI is InChI=1S/C18H17ClN2OS/c19-16-9-5-4-8-15(16)17-13-23-18(21-17)20-10-11-22-12-14-6-2-1-3-7-14/h1-9,13H,10-12H2,(H,20,21). The van der Waals surface area contributed by atoms with E-state index in [0.29, 0.717) is 13.2 Å². The van der Waals surface area contributed by atoms with E-state index < -0.39 is 0 Å². The fourth-order valence-electron chi connectivity index (χ4n) is 2.14. The molecule has 0 radical (unpaired) electrons. The van der Waals surface area contributed by atoms with Crippen molar-refractivity contribution in [3.05, 3.63) is 70.6 Å². The maximum absolute atomic E-state index is 6.20. The molecule has 0 fully saturated rings. The minimum atomic E-state index is 0.630. The zero-order valence-electron chi connectivity index (χ0n) is 12.5. The Bertz CT molecular complexity index is 746. The van der Waals surface area contributed by atoms with Gasteiger partial charge in [0.25, 0.3) is 0 Å². The van der Waals surface area contributed by atoms with Gasteiger partial charge in [-0.15, -0.1) is 11.3 Å². The van der Waals surface area contributed by atoms with Gasteiger partial charge < -0.3 is 10.1 Å². The Kier molecular flexibility index (Phi) is 5.64. The predicted molar refractivity (Wildman–Crippen MR) is 97.1 cm³/mol. The van der Waals surface area contributed by atoms with E-state index in [1.807, 2.05) is 47.8 Å². The summed E-state index contributed by atoms with van der Waals surface area (Å²) in [6, 6.07) is 17.9. The molecule has 118 valence electrons. The van der Waals surface area contributed by atoms with E-state index in [1.165, 1.54) is 5.56 Å². The van der Waals surface area contributed by atoms with Crippen LogP contribution in [0.25, 0.3) is 11.3 Å². The Labute approximate surface area is 144 Å². The molecule has 2 aromatic carbocycles. The lowest BCUT2D eigenvalue weighted by Gasteiger charge is -2.05. The first kappa shape index (κ1) is 16.0. The minimum absolute atomic E-state index is 0.630. The molecule has 0 saturated heterocycles. The summed E-state index contributed by atoms with van der Waals surface area (Å²) < 4.78 is 5.65. The lowest BCUT2D eigenvalue weighted by Crippen LogP contribution is -2.09. The van der Waals surface area contributed by atoms with Crippen molar-refractivity contribution in [1.82, 2.24) is 4.98 Å². The van der Waals surface area contributed by atoms with Crippen LogP contribution < -0.4 is 5.32 Å². The maximum atomic E-state index is 6.20. The molecule has 0 unspecified atom stereocenters. The Morgan fingerprint density at radius 1 is 1.04 bits per heavy atom. The summed E-state index contributed by atoms with van der Waals surface area (Å²) in [6.07, 6.45) is 0. The molecule has 0 amide bonds. The lowest BCUT2D eigenvalue weighted by atomic mass is 10.2. The third-order valence-corrected chi connectivity index (χ3v) is 4.42. The van der Waals surface area contributed by atoms with Gasteiger partial charge >= 0.3 is 0 Å². The van der Waals surface area contributed by atoms with Gasteiger partial charge in [0.15, 0.2) is 5.13 Å². The largest absolute Gasteiger partial charge is 0.375 e. The van der Waals surface area contributed by atoms with Gasteiger partial charge in [0, 0.05) is 22.5 Å². The first-order valence-electron chi connectivity index (χ1n) is 7.39. The molecule has 0 spiro atoms. The molecule has 1 heterocycles. The third-order valence-electron chi connectivity index (χ3n) is 3.29. The molecule has 0 atom stereocenters. The van der Waals surface area contributed by atoms with Crippen LogP contribution in [0.2, 0.25) is 5.02 Å². The van der Waals surface area contributed by atoms with Crippen LogP contribution in [0.4, 0.5) is 5.13 Å². The van der Waals surface area contributed by atoms with Crippen LogP contribution in [0.15, 0.2) is 60.0 Å². The number of nitrogens with one attached hydrogen (secondary N) is 1. The van der Waals surface area contributed by atoms with Gasteiger partial charge in [-0.25, -0.2) is 4.98 Å². The molecule has 0 aliphatic heterocycles. The Morgan fingerprint density at radius 3 is 2.65 bits per heavy atom. The van der Waals surface area contributed by atoms with Gasteiger partial charge in [-0.3, -0.25) is 0 Å².